The Morgan fingerprint density at radius 2 is 1.90 bits per heavy atom. The van der Waals surface area contributed by atoms with Crippen molar-refractivity contribution in [3.05, 3.63) is 24.0 Å². The van der Waals surface area contributed by atoms with E-state index in [0.717, 1.165) is 24.3 Å². The van der Waals surface area contributed by atoms with Crippen LogP contribution in [0.3, 0.4) is 0 Å². The standard InChI is InChI=1S/C15H22N4O2/c1-3-7-18-8-9-19(15(21)14(18)20)11-13-10-12(16-4-2)5-6-17-13/h5-6,10H,3-4,7-9,11H2,1-2H3,(H,16,17). The molecule has 1 N–H and O–H groups in total. The quantitative estimate of drug-likeness (QED) is 0.797. The van der Waals surface area contributed by atoms with Gasteiger partial charge in [-0.25, -0.2) is 0 Å². The number of aromatic nitrogens is 1. The number of piperazine rings is 1. The molecule has 1 aromatic rings. The highest BCUT2D eigenvalue weighted by Gasteiger charge is 2.31. The summed E-state index contributed by atoms with van der Waals surface area (Å²) in [5.74, 6) is -0.823. The van der Waals surface area contributed by atoms with Crippen molar-refractivity contribution in [1.82, 2.24) is 14.8 Å². The van der Waals surface area contributed by atoms with Gasteiger partial charge in [0.2, 0.25) is 0 Å². The molecule has 0 unspecified atom stereocenters. The molecule has 0 bridgehead atoms. The molecule has 1 saturated heterocycles. The van der Waals surface area contributed by atoms with E-state index >= 15 is 0 Å². The highest BCUT2D eigenvalue weighted by molar-refractivity contribution is 6.35. The van der Waals surface area contributed by atoms with Gasteiger partial charge in [0, 0.05) is 38.1 Å². The summed E-state index contributed by atoms with van der Waals surface area (Å²) >= 11 is 0. The number of nitrogens with zero attached hydrogens (tertiary/aromatic N) is 3. The number of hydrogen-bond donors (Lipinski definition) is 1. The van der Waals surface area contributed by atoms with E-state index in [4.69, 9.17) is 0 Å². The average molecular weight is 290 g/mol. The number of nitrogens with one attached hydrogen (secondary N) is 1. The van der Waals surface area contributed by atoms with Crippen LogP contribution in [0.2, 0.25) is 0 Å². The lowest BCUT2D eigenvalue weighted by Gasteiger charge is -2.33. The molecule has 1 aromatic heterocycles. The van der Waals surface area contributed by atoms with Crippen LogP contribution in [0.5, 0.6) is 0 Å². The van der Waals surface area contributed by atoms with E-state index in [9.17, 15) is 9.59 Å². The van der Waals surface area contributed by atoms with Crippen molar-refractivity contribution < 1.29 is 9.59 Å². The third kappa shape index (κ3) is 3.71. The fourth-order valence-corrected chi connectivity index (χ4v) is 2.42. The molecular weight excluding hydrogens is 268 g/mol. The average Bonchev–Trinajstić information content (AvgIpc) is 2.48. The molecule has 0 aliphatic carbocycles. The number of carbonyl (C=O) groups is 2. The van der Waals surface area contributed by atoms with Crippen LogP contribution >= 0.6 is 0 Å². The number of carbonyl (C=O) groups excluding carboxylic acids is 2. The summed E-state index contributed by atoms with van der Waals surface area (Å²) in [6.45, 7) is 7.05. The summed E-state index contributed by atoms with van der Waals surface area (Å²) in [6, 6.07) is 3.80. The minimum atomic E-state index is -0.426. The second-order valence-corrected chi connectivity index (χ2v) is 5.09. The summed E-state index contributed by atoms with van der Waals surface area (Å²) in [7, 11) is 0. The van der Waals surface area contributed by atoms with Crippen LogP contribution in [0.4, 0.5) is 5.69 Å². The van der Waals surface area contributed by atoms with Gasteiger partial charge >= 0.3 is 11.8 Å². The van der Waals surface area contributed by atoms with E-state index in [1.54, 1.807) is 16.0 Å². The molecule has 0 saturated carbocycles. The second kappa shape index (κ2) is 7.06. The Morgan fingerprint density at radius 1 is 1.19 bits per heavy atom. The first kappa shape index (κ1) is 15.3. The lowest BCUT2D eigenvalue weighted by Crippen LogP contribution is -2.54. The van der Waals surface area contributed by atoms with Crippen molar-refractivity contribution in [3.8, 4) is 0 Å². The Labute approximate surface area is 125 Å². The first-order valence-corrected chi connectivity index (χ1v) is 7.42. The van der Waals surface area contributed by atoms with Crippen LogP contribution in [-0.4, -0.2) is 52.8 Å². The van der Waals surface area contributed by atoms with E-state index in [-0.39, 0.29) is 0 Å². The van der Waals surface area contributed by atoms with Crippen LogP contribution < -0.4 is 5.32 Å². The van der Waals surface area contributed by atoms with Crippen molar-refractivity contribution in [2.45, 2.75) is 26.8 Å². The third-order valence-electron chi connectivity index (χ3n) is 3.44. The Balaban J connectivity index is 2.02. The molecule has 2 amide bonds. The Kier molecular flexibility index (Phi) is 5.14. The maximum absolute atomic E-state index is 12.1. The molecule has 2 rings (SSSR count). The molecule has 6 nitrogen and oxygen atoms in total. The van der Waals surface area contributed by atoms with Gasteiger partial charge in [-0.3, -0.25) is 14.6 Å². The molecule has 1 aliphatic heterocycles. The lowest BCUT2D eigenvalue weighted by atomic mass is 10.2. The summed E-state index contributed by atoms with van der Waals surface area (Å²) in [6.07, 6.45) is 2.58. The number of anilines is 1. The number of rotatable bonds is 6. The fourth-order valence-electron chi connectivity index (χ4n) is 2.42. The molecule has 0 aromatic carbocycles. The number of pyridine rings is 1. The molecule has 1 fully saturated rings. The van der Waals surface area contributed by atoms with Crippen molar-refractivity contribution in [2.75, 3.05) is 31.5 Å². The van der Waals surface area contributed by atoms with Gasteiger partial charge in [-0.05, 0) is 25.5 Å². The maximum Gasteiger partial charge on any atom is 0.312 e. The molecule has 2 heterocycles. The Hall–Kier alpha value is -2.11. The number of hydrogen-bond acceptors (Lipinski definition) is 4. The molecule has 0 atom stereocenters. The Bertz CT molecular complexity index is 518. The summed E-state index contributed by atoms with van der Waals surface area (Å²) < 4.78 is 0. The smallest absolute Gasteiger partial charge is 0.312 e. The summed E-state index contributed by atoms with van der Waals surface area (Å²) in [5, 5.41) is 3.21. The first-order chi connectivity index (χ1) is 10.2. The summed E-state index contributed by atoms with van der Waals surface area (Å²) in [5.41, 5.74) is 1.77. The molecule has 6 heteroatoms. The van der Waals surface area contributed by atoms with Crippen LogP contribution in [0.25, 0.3) is 0 Å². The van der Waals surface area contributed by atoms with E-state index in [0.29, 0.717) is 26.2 Å². The van der Waals surface area contributed by atoms with Gasteiger partial charge < -0.3 is 15.1 Å². The van der Waals surface area contributed by atoms with Crippen molar-refractivity contribution in [1.29, 1.82) is 0 Å². The first-order valence-electron chi connectivity index (χ1n) is 7.42. The predicted molar refractivity (Wildman–Crippen MR) is 80.7 cm³/mol. The zero-order valence-electron chi connectivity index (χ0n) is 12.6. The van der Waals surface area contributed by atoms with E-state index in [2.05, 4.69) is 10.3 Å². The van der Waals surface area contributed by atoms with Gasteiger partial charge in [-0.15, -0.1) is 0 Å². The van der Waals surface area contributed by atoms with Crippen molar-refractivity contribution >= 4 is 17.5 Å². The minimum absolute atomic E-state index is 0.379. The van der Waals surface area contributed by atoms with Crippen LogP contribution in [0.15, 0.2) is 18.3 Å². The van der Waals surface area contributed by atoms with Crippen LogP contribution in [-0.2, 0) is 16.1 Å². The molecular formula is C15H22N4O2. The molecule has 1 aliphatic rings. The van der Waals surface area contributed by atoms with Gasteiger partial charge in [0.05, 0.1) is 12.2 Å². The molecule has 114 valence electrons. The van der Waals surface area contributed by atoms with Crippen molar-refractivity contribution in [2.24, 2.45) is 0 Å². The molecule has 0 radical (unpaired) electrons. The highest BCUT2D eigenvalue weighted by Crippen LogP contribution is 2.13. The largest absolute Gasteiger partial charge is 0.385 e. The highest BCUT2D eigenvalue weighted by atomic mass is 16.2. The lowest BCUT2D eigenvalue weighted by molar-refractivity contribution is -0.156. The van der Waals surface area contributed by atoms with E-state index in [1.807, 2.05) is 26.0 Å². The van der Waals surface area contributed by atoms with Crippen molar-refractivity contribution in [3.63, 3.8) is 0 Å². The summed E-state index contributed by atoms with van der Waals surface area (Å²) in [4.78, 5) is 31.6. The van der Waals surface area contributed by atoms with Crippen LogP contribution in [0.1, 0.15) is 26.0 Å². The zero-order chi connectivity index (χ0) is 15.2. The van der Waals surface area contributed by atoms with Crippen LogP contribution in [0, 0.1) is 0 Å². The predicted octanol–water partition coefficient (Wildman–Crippen LogP) is 1.09. The fraction of sp³-hybridized carbons (Fsp3) is 0.533. The molecule has 0 spiro atoms. The van der Waals surface area contributed by atoms with E-state index in [1.165, 1.54) is 0 Å². The zero-order valence-corrected chi connectivity index (χ0v) is 12.6. The molecule has 21 heavy (non-hydrogen) atoms. The second-order valence-electron chi connectivity index (χ2n) is 5.09. The minimum Gasteiger partial charge on any atom is -0.385 e. The monoisotopic (exact) mass is 290 g/mol. The normalized spacial score (nSPS) is 15.5. The maximum atomic E-state index is 12.1. The Morgan fingerprint density at radius 3 is 2.62 bits per heavy atom. The topological polar surface area (TPSA) is 65.5 Å². The third-order valence-corrected chi connectivity index (χ3v) is 3.44. The number of amides is 2. The van der Waals surface area contributed by atoms with Gasteiger partial charge in [0.25, 0.3) is 0 Å². The van der Waals surface area contributed by atoms with Gasteiger partial charge in [-0.2, -0.15) is 0 Å². The van der Waals surface area contributed by atoms with Gasteiger partial charge in [-0.1, -0.05) is 6.92 Å². The van der Waals surface area contributed by atoms with Gasteiger partial charge in [0.1, 0.15) is 0 Å². The SMILES string of the molecule is CCCN1CCN(Cc2cc(NCC)ccn2)C(=O)C1=O. The van der Waals surface area contributed by atoms with Gasteiger partial charge in [0.15, 0.2) is 0 Å². The van der Waals surface area contributed by atoms with E-state index < -0.39 is 11.8 Å².